The molecule has 1 aromatic rings. The van der Waals surface area contributed by atoms with Crippen molar-refractivity contribution in [3.05, 3.63) is 29.8 Å². The minimum Gasteiger partial charge on any atom is -0.497 e. The number of rotatable bonds is 8. The van der Waals surface area contributed by atoms with E-state index in [1.807, 2.05) is 38.1 Å². The number of aliphatic carboxylic acids is 1. The summed E-state index contributed by atoms with van der Waals surface area (Å²) in [5, 5.41) is 11.6. The third kappa shape index (κ3) is 6.59. The second kappa shape index (κ2) is 9.02. The highest BCUT2D eigenvalue weighted by molar-refractivity contribution is 5.76. The molecule has 0 fully saturated rings. The van der Waals surface area contributed by atoms with Crippen molar-refractivity contribution >= 4 is 12.0 Å². The van der Waals surface area contributed by atoms with Crippen LogP contribution in [0.25, 0.3) is 0 Å². The Morgan fingerprint density at radius 3 is 2.57 bits per heavy atom. The molecule has 0 saturated heterocycles. The second-order valence-corrected chi connectivity index (χ2v) is 6.05. The minimum absolute atomic E-state index is 0.112. The maximum absolute atomic E-state index is 12.4. The average molecular weight is 322 g/mol. The van der Waals surface area contributed by atoms with Crippen LogP contribution >= 0.6 is 0 Å². The van der Waals surface area contributed by atoms with Crippen LogP contribution in [0.15, 0.2) is 24.3 Å². The first-order chi connectivity index (χ1) is 10.8. The van der Waals surface area contributed by atoms with E-state index in [0.29, 0.717) is 19.0 Å². The highest BCUT2D eigenvalue weighted by Gasteiger charge is 2.18. The summed E-state index contributed by atoms with van der Waals surface area (Å²) < 4.78 is 5.20. The zero-order chi connectivity index (χ0) is 17.4. The third-order valence-electron chi connectivity index (χ3n) is 3.36. The summed E-state index contributed by atoms with van der Waals surface area (Å²) in [6.07, 6.45) is 0. The highest BCUT2D eigenvalue weighted by Crippen LogP contribution is 2.15. The lowest BCUT2D eigenvalue weighted by Gasteiger charge is -2.25. The fraction of sp³-hybridized carbons (Fsp3) is 0.529. The summed E-state index contributed by atoms with van der Waals surface area (Å²) in [5.74, 6) is -0.486. The Morgan fingerprint density at radius 2 is 2.00 bits per heavy atom. The number of carboxylic acid groups (broad SMARTS) is 1. The normalized spacial score (nSPS) is 11.9. The van der Waals surface area contributed by atoms with Crippen LogP contribution in [-0.2, 0) is 11.3 Å². The number of methoxy groups -OCH3 is 1. The fourth-order valence-electron chi connectivity index (χ4n) is 2.09. The van der Waals surface area contributed by atoms with E-state index in [1.165, 1.54) is 0 Å². The van der Waals surface area contributed by atoms with Crippen LogP contribution in [0, 0.1) is 11.8 Å². The number of urea groups is 1. The van der Waals surface area contributed by atoms with Gasteiger partial charge in [-0.3, -0.25) is 4.79 Å². The molecule has 0 aliphatic carbocycles. The molecule has 128 valence electrons. The van der Waals surface area contributed by atoms with E-state index in [0.717, 1.165) is 11.3 Å². The molecule has 2 N–H and O–H groups in total. The van der Waals surface area contributed by atoms with E-state index in [2.05, 4.69) is 5.32 Å². The van der Waals surface area contributed by atoms with Crippen LogP contribution in [0.3, 0.4) is 0 Å². The predicted octanol–water partition coefficient (Wildman–Crippen LogP) is 2.58. The van der Waals surface area contributed by atoms with Gasteiger partial charge in [0.2, 0.25) is 0 Å². The number of hydrogen-bond donors (Lipinski definition) is 2. The number of nitrogens with zero attached hydrogens (tertiary/aromatic N) is 1. The van der Waals surface area contributed by atoms with Gasteiger partial charge in [-0.1, -0.05) is 32.9 Å². The average Bonchev–Trinajstić information content (AvgIpc) is 2.51. The van der Waals surface area contributed by atoms with Gasteiger partial charge in [0.15, 0.2) is 0 Å². The molecule has 6 nitrogen and oxygen atoms in total. The second-order valence-electron chi connectivity index (χ2n) is 6.05. The van der Waals surface area contributed by atoms with Crippen LogP contribution in [0.5, 0.6) is 5.75 Å². The number of hydrogen-bond acceptors (Lipinski definition) is 3. The first-order valence-corrected chi connectivity index (χ1v) is 7.72. The van der Waals surface area contributed by atoms with Crippen LogP contribution < -0.4 is 10.1 Å². The molecule has 0 saturated carbocycles. The number of amides is 2. The van der Waals surface area contributed by atoms with Crippen LogP contribution in [0.4, 0.5) is 4.79 Å². The largest absolute Gasteiger partial charge is 0.497 e. The van der Waals surface area contributed by atoms with Crippen molar-refractivity contribution in [1.29, 1.82) is 0 Å². The zero-order valence-electron chi connectivity index (χ0n) is 14.2. The van der Waals surface area contributed by atoms with Gasteiger partial charge in [-0.2, -0.15) is 0 Å². The van der Waals surface area contributed by atoms with Crippen molar-refractivity contribution in [3.8, 4) is 5.75 Å². The molecule has 0 aliphatic rings. The first-order valence-electron chi connectivity index (χ1n) is 7.72. The number of carbonyl (C=O) groups excluding carboxylic acids is 1. The Bertz CT molecular complexity index is 531. The number of carbonyl (C=O) groups is 2. The number of carboxylic acids is 1. The van der Waals surface area contributed by atoms with Crippen LogP contribution in [0.2, 0.25) is 0 Å². The van der Waals surface area contributed by atoms with Gasteiger partial charge in [0, 0.05) is 19.6 Å². The topological polar surface area (TPSA) is 78.9 Å². The molecule has 6 heteroatoms. The van der Waals surface area contributed by atoms with E-state index in [9.17, 15) is 9.59 Å². The third-order valence-corrected chi connectivity index (χ3v) is 3.36. The van der Waals surface area contributed by atoms with Gasteiger partial charge in [0.25, 0.3) is 0 Å². The van der Waals surface area contributed by atoms with E-state index in [-0.39, 0.29) is 12.6 Å². The van der Waals surface area contributed by atoms with Crippen LogP contribution in [-0.4, -0.2) is 42.2 Å². The summed E-state index contributed by atoms with van der Waals surface area (Å²) in [5.41, 5.74) is 0.964. The molecule has 0 aliphatic heterocycles. The Kier molecular flexibility index (Phi) is 7.38. The maximum atomic E-state index is 12.4. The molecule has 1 unspecified atom stereocenters. The van der Waals surface area contributed by atoms with E-state index < -0.39 is 11.9 Å². The fourth-order valence-corrected chi connectivity index (χ4v) is 2.09. The van der Waals surface area contributed by atoms with Crippen molar-refractivity contribution in [2.45, 2.75) is 27.3 Å². The first kappa shape index (κ1) is 18.8. The van der Waals surface area contributed by atoms with Gasteiger partial charge in [-0.05, 0) is 23.6 Å². The molecule has 1 aromatic carbocycles. The molecule has 0 bridgehead atoms. The lowest BCUT2D eigenvalue weighted by molar-refractivity contribution is -0.140. The SMILES string of the molecule is COc1cccc(CN(CC(C)C)C(=O)NCC(C)C(=O)O)c1. The van der Waals surface area contributed by atoms with Crippen molar-refractivity contribution in [2.75, 3.05) is 20.2 Å². The van der Waals surface area contributed by atoms with Crippen molar-refractivity contribution in [1.82, 2.24) is 10.2 Å². The van der Waals surface area contributed by atoms with Crippen LogP contribution in [0.1, 0.15) is 26.3 Å². The summed E-state index contributed by atoms with van der Waals surface area (Å²) in [6.45, 7) is 6.78. The number of nitrogens with one attached hydrogen (secondary N) is 1. The van der Waals surface area contributed by atoms with Gasteiger partial charge >= 0.3 is 12.0 Å². The van der Waals surface area contributed by atoms with Crippen molar-refractivity contribution < 1.29 is 19.4 Å². The van der Waals surface area contributed by atoms with E-state index in [4.69, 9.17) is 9.84 Å². The molecule has 2 amide bonds. The minimum atomic E-state index is -0.923. The zero-order valence-corrected chi connectivity index (χ0v) is 14.2. The quantitative estimate of drug-likeness (QED) is 0.771. The molecular formula is C17H26N2O4. The van der Waals surface area contributed by atoms with Gasteiger partial charge in [0.1, 0.15) is 5.75 Å². The highest BCUT2D eigenvalue weighted by atomic mass is 16.5. The maximum Gasteiger partial charge on any atom is 0.317 e. The lowest BCUT2D eigenvalue weighted by atomic mass is 10.1. The van der Waals surface area contributed by atoms with Crippen molar-refractivity contribution in [3.63, 3.8) is 0 Å². The summed E-state index contributed by atoms with van der Waals surface area (Å²) in [7, 11) is 1.60. The molecule has 0 spiro atoms. The molecule has 1 atom stereocenters. The van der Waals surface area contributed by atoms with Gasteiger partial charge < -0.3 is 20.1 Å². The summed E-state index contributed by atoms with van der Waals surface area (Å²) in [6, 6.07) is 7.30. The van der Waals surface area contributed by atoms with E-state index in [1.54, 1.807) is 18.9 Å². The van der Waals surface area contributed by atoms with Gasteiger partial charge in [0.05, 0.1) is 13.0 Å². The van der Waals surface area contributed by atoms with Crippen molar-refractivity contribution in [2.24, 2.45) is 11.8 Å². The summed E-state index contributed by atoms with van der Waals surface area (Å²) >= 11 is 0. The smallest absolute Gasteiger partial charge is 0.317 e. The molecule has 0 radical (unpaired) electrons. The molecule has 0 aromatic heterocycles. The summed E-state index contributed by atoms with van der Waals surface area (Å²) in [4.78, 5) is 24.9. The lowest BCUT2D eigenvalue weighted by Crippen LogP contribution is -2.43. The van der Waals surface area contributed by atoms with Gasteiger partial charge in [-0.25, -0.2) is 4.79 Å². The molecule has 1 rings (SSSR count). The Hall–Kier alpha value is -2.24. The number of benzene rings is 1. The standard InChI is InChI=1S/C17H26N2O4/c1-12(2)10-19(17(22)18-9-13(3)16(20)21)11-14-6-5-7-15(8-14)23-4/h5-8,12-13H,9-11H2,1-4H3,(H,18,22)(H,20,21). The molecule has 0 heterocycles. The van der Waals surface area contributed by atoms with Gasteiger partial charge in [-0.15, -0.1) is 0 Å². The number of ether oxygens (including phenoxy) is 1. The van der Waals surface area contributed by atoms with E-state index >= 15 is 0 Å². The monoisotopic (exact) mass is 322 g/mol. The predicted molar refractivity (Wildman–Crippen MR) is 88.4 cm³/mol. The Labute approximate surface area is 137 Å². The molecular weight excluding hydrogens is 296 g/mol. The molecule has 23 heavy (non-hydrogen) atoms. The Morgan fingerprint density at radius 1 is 1.30 bits per heavy atom. The Balaban J connectivity index is 2.74.